The Labute approximate surface area is 138 Å². The molecule has 0 radical (unpaired) electrons. The molecular weight excluding hydrogens is 315 g/mol. The number of nitrogens with one attached hydrogen (secondary N) is 1. The molecule has 2 heterocycles. The number of ether oxygens (including phenoxy) is 2. The molecule has 1 N–H and O–H groups in total. The van der Waals surface area contributed by atoms with Crippen LogP contribution in [0.5, 0.6) is 5.75 Å². The number of carbonyl (C=O) groups is 1. The Bertz CT molecular complexity index is 668. The van der Waals surface area contributed by atoms with Crippen LogP contribution < -0.4 is 10.1 Å². The summed E-state index contributed by atoms with van der Waals surface area (Å²) in [7, 11) is 0. The van der Waals surface area contributed by atoms with Gasteiger partial charge in [-0.25, -0.2) is 9.07 Å². The molecule has 128 valence electrons. The minimum absolute atomic E-state index is 0.0935. The van der Waals surface area contributed by atoms with Crippen LogP contribution in [-0.4, -0.2) is 40.2 Å². The average molecular weight is 334 g/mol. The summed E-state index contributed by atoms with van der Waals surface area (Å²) >= 11 is 0. The molecular formula is C16H19FN4O3. The van der Waals surface area contributed by atoms with Gasteiger partial charge in [0, 0.05) is 13.2 Å². The van der Waals surface area contributed by atoms with E-state index in [1.54, 1.807) is 6.20 Å². The van der Waals surface area contributed by atoms with Crippen molar-refractivity contribution in [3.05, 3.63) is 42.0 Å². The van der Waals surface area contributed by atoms with Crippen molar-refractivity contribution in [3.63, 3.8) is 0 Å². The molecule has 3 rings (SSSR count). The van der Waals surface area contributed by atoms with Crippen LogP contribution in [0.1, 0.15) is 18.5 Å². The van der Waals surface area contributed by atoms with E-state index < -0.39 is 0 Å². The minimum atomic E-state index is -0.317. The van der Waals surface area contributed by atoms with Crippen LogP contribution in [0.2, 0.25) is 0 Å². The van der Waals surface area contributed by atoms with Crippen LogP contribution in [0.4, 0.5) is 4.39 Å². The molecule has 1 atom stereocenters. The van der Waals surface area contributed by atoms with Gasteiger partial charge in [-0.1, -0.05) is 5.21 Å². The highest BCUT2D eigenvalue weighted by Crippen LogP contribution is 2.12. The fourth-order valence-electron chi connectivity index (χ4n) is 2.41. The molecule has 24 heavy (non-hydrogen) atoms. The monoisotopic (exact) mass is 334 g/mol. The van der Waals surface area contributed by atoms with Crippen molar-refractivity contribution in [2.75, 3.05) is 13.2 Å². The normalized spacial score (nSPS) is 17.0. The number of carbonyl (C=O) groups excluding carboxylic acids is 1. The van der Waals surface area contributed by atoms with E-state index in [2.05, 4.69) is 15.6 Å². The van der Waals surface area contributed by atoms with E-state index in [9.17, 15) is 9.18 Å². The van der Waals surface area contributed by atoms with Crippen molar-refractivity contribution in [1.29, 1.82) is 0 Å². The molecule has 0 bridgehead atoms. The Hall–Kier alpha value is -2.48. The van der Waals surface area contributed by atoms with Gasteiger partial charge in [-0.3, -0.25) is 4.79 Å². The minimum Gasteiger partial charge on any atom is -0.487 e. The van der Waals surface area contributed by atoms with Crippen molar-refractivity contribution in [1.82, 2.24) is 20.3 Å². The van der Waals surface area contributed by atoms with E-state index in [0.29, 0.717) is 18.0 Å². The number of hydrogen-bond acceptors (Lipinski definition) is 5. The molecule has 1 aromatic carbocycles. The Balaban J connectivity index is 1.42. The maximum absolute atomic E-state index is 12.8. The van der Waals surface area contributed by atoms with E-state index in [-0.39, 0.29) is 31.0 Å². The average Bonchev–Trinajstić information content (AvgIpc) is 3.24. The number of benzene rings is 1. The molecule has 0 saturated carbocycles. The Morgan fingerprint density at radius 2 is 2.25 bits per heavy atom. The summed E-state index contributed by atoms with van der Waals surface area (Å²) in [6, 6.07) is 5.73. The lowest BCUT2D eigenvalue weighted by molar-refractivity contribution is -0.122. The van der Waals surface area contributed by atoms with Crippen LogP contribution in [0.15, 0.2) is 30.5 Å². The molecule has 0 spiro atoms. The fourth-order valence-corrected chi connectivity index (χ4v) is 2.41. The third-order valence-electron chi connectivity index (χ3n) is 3.64. The van der Waals surface area contributed by atoms with Gasteiger partial charge >= 0.3 is 0 Å². The smallest absolute Gasteiger partial charge is 0.241 e. The summed E-state index contributed by atoms with van der Waals surface area (Å²) in [6.07, 6.45) is 3.79. The van der Waals surface area contributed by atoms with Crippen LogP contribution in [0.25, 0.3) is 0 Å². The SMILES string of the molecule is O=C(Cn1cc(COc2ccc(F)cc2)nn1)NCC1CCCO1. The highest BCUT2D eigenvalue weighted by Gasteiger charge is 2.16. The first-order valence-corrected chi connectivity index (χ1v) is 7.85. The molecule has 1 amide bonds. The molecule has 1 saturated heterocycles. The maximum Gasteiger partial charge on any atom is 0.241 e. The first-order valence-electron chi connectivity index (χ1n) is 7.85. The standard InChI is InChI=1S/C16H19FN4O3/c17-12-3-5-14(6-4-12)24-11-13-9-21(20-19-13)10-16(22)18-8-15-2-1-7-23-15/h3-6,9,15H,1-2,7-8,10-11H2,(H,18,22). The van der Waals surface area contributed by atoms with Crippen molar-refractivity contribution >= 4 is 5.91 Å². The van der Waals surface area contributed by atoms with Gasteiger partial charge in [-0.05, 0) is 37.1 Å². The van der Waals surface area contributed by atoms with Crippen molar-refractivity contribution in [3.8, 4) is 5.75 Å². The van der Waals surface area contributed by atoms with Gasteiger partial charge in [0.25, 0.3) is 0 Å². The second-order valence-electron chi connectivity index (χ2n) is 5.59. The predicted molar refractivity (Wildman–Crippen MR) is 82.7 cm³/mol. The van der Waals surface area contributed by atoms with Crippen LogP contribution in [-0.2, 0) is 22.7 Å². The first kappa shape index (κ1) is 16.4. The zero-order valence-electron chi connectivity index (χ0n) is 13.2. The number of amides is 1. The number of rotatable bonds is 7. The van der Waals surface area contributed by atoms with E-state index in [1.165, 1.54) is 28.9 Å². The van der Waals surface area contributed by atoms with Gasteiger partial charge in [-0.2, -0.15) is 0 Å². The van der Waals surface area contributed by atoms with Gasteiger partial charge in [-0.15, -0.1) is 5.10 Å². The van der Waals surface area contributed by atoms with E-state index in [0.717, 1.165) is 19.4 Å². The second kappa shape index (κ2) is 7.87. The molecule has 7 nitrogen and oxygen atoms in total. The lowest BCUT2D eigenvalue weighted by Gasteiger charge is -2.10. The van der Waals surface area contributed by atoms with E-state index in [4.69, 9.17) is 9.47 Å². The van der Waals surface area contributed by atoms with Crippen LogP contribution in [0, 0.1) is 5.82 Å². The lowest BCUT2D eigenvalue weighted by atomic mass is 10.2. The van der Waals surface area contributed by atoms with E-state index in [1.807, 2.05) is 0 Å². The molecule has 2 aromatic rings. The molecule has 1 unspecified atom stereocenters. The number of aromatic nitrogens is 3. The number of halogens is 1. The highest BCUT2D eigenvalue weighted by molar-refractivity contribution is 5.75. The zero-order chi connectivity index (χ0) is 16.8. The first-order chi connectivity index (χ1) is 11.7. The van der Waals surface area contributed by atoms with Crippen LogP contribution >= 0.6 is 0 Å². The Kier molecular flexibility index (Phi) is 5.37. The van der Waals surface area contributed by atoms with Gasteiger partial charge in [0.05, 0.1) is 12.3 Å². The molecule has 1 aromatic heterocycles. The lowest BCUT2D eigenvalue weighted by Crippen LogP contribution is -2.34. The van der Waals surface area contributed by atoms with Gasteiger partial charge in [0.15, 0.2) is 0 Å². The molecule has 1 aliphatic rings. The summed E-state index contributed by atoms with van der Waals surface area (Å²) < 4.78 is 25.2. The summed E-state index contributed by atoms with van der Waals surface area (Å²) in [5, 5.41) is 10.7. The summed E-state index contributed by atoms with van der Waals surface area (Å²) in [4.78, 5) is 11.9. The molecule has 0 aliphatic carbocycles. The highest BCUT2D eigenvalue weighted by atomic mass is 19.1. The van der Waals surface area contributed by atoms with Crippen molar-refractivity contribution < 1.29 is 18.7 Å². The third-order valence-corrected chi connectivity index (χ3v) is 3.64. The largest absolute Gasteiger partial charge is 0.487 e. The Morgan fingerprint density at radius 1 is 1.42 bits per heavy atom. The quantitative estimate of drug-likeness (QED) is 0.825. The molecule has 1 aliphatic heterocycles. The predicted octanol–water partition coefficient (Wildman–Crippen LogP) is 1.29. The molecule has 8 heteroatoms. The fraction of sp³-hybridized carbons (Fsp3) is 0.438. The van der Waals surface area contributed by atoms with E-state index >= 15 is 0 Å². The topological polar surface area (TPSA) is 78.3 Å². The van der Waals surface area contributed by atoms with Gasteiger partial charge < -0.3 is 14.8 Å². The zero-order valence-corrected chi connectivity index (χ0v) is 13.2. The summed E-state index contributed by atoms with van der Waals surface area (Å²) in [6.45, 7) is 1.58. The maximum atomic E-state index is 12.8. The molecule has 1 fully saturated rings. The van der Waals surface area contributed by atoms with Crippen molar-refractivity contribution in [2.24, 2.45) is 0 Å². The van der Waals surface area contributed by atoms with Gasteiger partial charge in [0.1, 0.15) is 30.4 Å². The summed E-state index contributed by atoms with van der Waals surface area (Å²) in [5.74, 6) is 0.0870. The number of nitrogens with zero attached hydrogens (tertiary/aromatic N) is 3. The Morgan fingerprint density at radius 3 is 3.00 bits per heavy atom. The van der Waals surface area contributed by atoms with Gasteiger partial charge in [0.2, 0.25) is 5.91 Å². The number of hydrogen-bond donors (Lipinski definition) is 1. The summed E-state index contributed by atoms with van der Waals surface area (Å²) in [5.41, 5.74) is 0.589. The third kappa shape index (κ3) is 4.76. The second-order valence-corrected chi connectivity index (χ2v) is 5.59. The van der Waals surface area contributed by atoms with Crippen molar-refractivity contribution in [2.45, 2.75) is 32.1 Å². The van der Waals surface area contributed by atoms with Crippen LogP contribution in [0.3, 0.4) is 0 Å².